The molecule has 0 unspecified atom stereocenters. The second-order valence-corrected chi connectivity index (χ2v) is 11.5. The van der Waals surface area contributed by atoms with Crippen molar-refractivity contribution in [3.63, 3.8) is 0 Å². The van der Waals surface area contributed by atoms with E-state index in [2.05, 4.69) is 41.5 Å². The lowest BCUT2D eigenvalue weighted by Crippen LogP contribution is -2.19. The van der Waals surface area contributed by atoms with Crippen LogP contribution < -0.4 is 0 Å². The number of benzene rings is 2. The molecule has 0 spiro atoms. The van der Waals surface area contributed by atoms with Gasteiger partial charge in [-0.2, -0.15) is 0 Å². The minimum atomic E-state index is -1.23. The maximum atomic E-state index is 12.0. The Labute approximate surface area is 221 Å². The lowest BCUT2D eigenvalue weighted by molar-refractivity contribution is 0.0682. The average molecular weight is 513 g/mol. The van der Waals surface area contributed by atoms with E-state index in [1.165, 1.54) is 12.1 Å². The summed E-state index contributed by atoms with van der Waals surface area (Å²) in [4.78, 5) is 24.0. The van der Waals surface area contributed by atoms with Crippen molar-refractivity contribution in [3.8, 4) is 11.5 Å². The van der Waals surface area contributed by atoms with Crippen molar-refractivity contribution in [2.75, 3.05) is 0 Å². The summed E-state index contributed by atoms with van der Waals surface area (Å²) in [6.07, 6.45) is 8.04. The average Bonchev–Trinajstić information content (AvgIpc) is 2.81. The number of aromatic carboxylic acids is 2. The van der Waals surface area contributed by atoms with Gasteiger partial charge < -0.3 is 20.4 Å². The molecule has 37 heavy (non-hydrogen) atoms. The van der Waals surface area contributed by atoms with E-state index in [-0.39, 0.29) is 39.9 Å². The fraction of sp³-hybridized carbons (Fsp3) is 0.548. The standard InChI is InChI=1S/C31H44O6/c1-7-9-11-13-30(3,4)22-16-20(26(32)24(18-22)28(34)35)15-21-17-23(19-25(27(21)33)29(36)37)31(5,6)14-12-10-8-2/h16-19,32-33H,7-15H2,1-6H3,(H,34,35)(H,36,37). The first-order chi connectivity index (χ1) is 17.2. The van der Waals surface area contributed by atoms with Crippen LogP contribution in [0.25, 0.3) is 0 Å². The Morgan fingerprint density at radius 3 is 1.30 bits per heavy atom. The summed E-state index contributed by atoms with van der Waals surface area (Å²) in [5.41, 5.74) is 1.27. The summed E-state index contributed by atoms with van der Waals surface area (Å²) in [5, 5.41) is 41.4. The zero-order valence-electron chi connectivity index (χ0n) is 23.3. The number of hydrogen-bond donors (Lipinski definition) is 4. The van der Waals surface area contributed by atoms with Crippen LogP contribution in [0.1, 0.15) is 136 Å². The summed E-state index contributed by atoms with van der Waals surface area (Å²) in [6.45, 7) is 12.5. The van der Waals surface area contributed by atoms with E-state index in [0.717, 1.165) is 62.5 Å². The Morgan fingerprint density at radius 1 is 0.649 bits per heavy atom. The third-order valence-corrected chi connectivity index (χ3v) is 7.59. The Balaban J connectivity index is 2.63. The van der Waals surface area contributed by atoms with Gasteiger partial charge in [-0.1, -0.05) is 92.2 Å². The number of phenols is 2. The monoisotopic (exact) mass is 512 g/mol. The summed E-state index contributed by atoms with van der Waals surface area (Å²) in [7, 11) is 0. The third-order valence-electron chi connectivity index (χ3n) is 7.59. The minimum Gasteiger partial charge on any atom is -0.507 e. The van der Waals surface area contributed by atoms with Gasteiger partial charge in [0.15, 0.2) is 0 Å². The van der Waals surface area contributed by atoms with Gasteiger partial charge in [-0.05, 0) is 58.1 Å². The van der Waals surface area contributed by atoms with E-state index in [1.54, 1.807) is 12.1 Å². The van der Waals surface area contributed by atoms with Crippen molar-refractivity contribution >= 4 is 11.9 Å². The zero-order chi connectivity index (χ0) is 28.0. The molecule has 0 saturated carbocycles. The van der Waals surface area contributed by atoms with Crippen molar-refractivity contribution in [2.24, 2.45) is 0 Å². The predicted octanol–water partition coefficient (Wildman–Crippen LogP) is 7.80. The van der Waals surface area contributed by atoms with Crippen LogP contribution in [-0.4, -0.2) is 32.4 Å². The van der Waals surface area contributed by atoms with Gasteiger partial charge in [0.2, 0.25) is 0 Å². The molecule has 0 bridgehead atoms. The number of rotatable bonds is 14. The van der Waals surface area contributed by atoms with Gasteiger partial charge in [0.1, 0.15) is 22.6 Å². The molecule has 0 aliphatic carbocycles. The molecule has 4 N–H and O–H groups in total. The molecule has 0 heterocycles. The van der Waals surface area contributed by atoms with Crippen LogP contribution in [0.3, 0.4) is 0 Å². The summed E-state index contributed by atoms with van der Waals surface area (Å²) < 4.78 is 0. The van der Waals surface area contributed by atoms with Crippen LogP contribution in [0, 0.1) is 0 Å². The first-order valence-electron chi connectivity index (χ1n) is 13.4. The maximum absolute atomic E-state index is 12.0. The lowest BCUT2D eigenvalue weighted by atomic mass is 9.77. The van der Waals surface area contributed by atoms with Crippen molar-refractivity contribution in [1.82, 2.24) is 0 Å². The van der Waals surface area contributed by atoms with Crippen LogP contribution in [-0.2, 0) is 17.3 Å². The number of carboxylic acid groups (broad SMARTS) is 2. The van der Waals surface area contributed by atoms with Crippen LogP contribution in [0.5, 0.6) is 11.5 Å². The Kier molecular flexibility index (Phi) is 10.2. The molecule has 0 fully saturated rings. The van der Waals surface area contributed by atoms with Crippen LogP contribution >= 0.6 is 0 Å². The first-order valence-corrected chi connectivity index (χ1v) is 13.4. The fourth-order valence-corrected chi connectivity index (χ4v) is 4.89. The van der Waals surface area contributed by atoms with Gasteiger partial charge in [0.25, 0.3) is 0 Å². The van der Waals surface area contributed by atoms with E-state index < -0.39 is 11.9 Å². The number of hydrogen-bond acceptors (Lipinski definition) is 4. The van der Waals surface area contributed by atoms with Crippen molar-refractivity contribution in [1.29, 1.82) is 0 Å². The van der Waals surface area contributed by atoms with E-state index in [9.17, 15) is 30.0 Å². The van der Waals surface area contributed by atoms with Crippen LogP contribution in [0.2, 0.25) is 0 Å². The normalized spacial score (nSPS) is 12.1. The Hall–Kier alpha value is -3.02. The number of carbonyl (C=O) groups is 2. The van der Waals surface area contributed by atoms with Gasteiger partial charge in [0.05, 0.1) is 0 Å². The molecule has 0 atom stereocenters. The molecular formula is C31H44O6. The summed E-state index contributed by atoms with van der Waals surface area (Å²) >= 11 is 0. The quantitative estimate of drug-likeness (QED) is 0.192. The molecule has 6 heteroatoms. The fourth-order valence-electron chi connectivity index (χ4n) is 4.89. The molecule has 2 aromatic carbocycles. The second kappa shape index (κ2) is 12.5. The maximum Gasteiger partial charge on any atom is 0.339 e. The first kappa shape index (κ1) is 30.2. The Morgan fingerprint density at radius 2 is 1.00 bits per heavy atom. The molecule has 204 valence electrons. The second-order valence-electron chi connectivity index (χ2n) is 11.5. The van der Waals surface area contributed by atoms with Gasteiger partial charge in [-0.15, -0.1) is 0 Å². The van der Waals surface area contributed by atoms with E-state index in [0.29, 0.717) is 11.1 Å². The van der Waals surface area contributed by atoms with Gasteiger partial charge in [0, 0.05) is 6.42 Å². The van der Waals surface area contributed by atoms with E-state index in [4.69, 9.17) is 0 Å². The lowest BCUT2D eigenvalue weighted by Gasteiger charge is -2.28. The molecule has 0 aromatic heterocycles. The van der Waals surface area contributed by atoms with Gasteiger partial charge in [-0.3, -0.25) is 0 Å². The molecule has 0 aliphatic heterocycles. The molecule has 0 aliphatic rings. The summed E-state index contributed by atoms with van der Waals surface area (Å²) in [5.74, 6) is -3.17. The van der Waals surface area contributed by atoms with E-state index in [1.807, 2.05) is 0 Å². The minimum absolute atomic E-state index is 0.00991. The van der Waals surface area contributed by atoms with Crippen molar-refractivity contribution in [2.45, 2.75) is 110 Å². The zero-order valence-corrected chi connectivity index (χ0v) is 23.3. The molecule has 0 amide bonds. The topological polar surface area (TPSA) is 115 Å². The smallest absolute Gasteiger partial charge is 0.339 e. The summed E-state index contributed by atoms with van der Waals surface area (Å²) in [6, 6.07) is 6.66. The third kappa shape index (κ3) is 7.50. The van der Waals surface area contributed by atoms with Crippen LogP contribution in [0.15, 0.2) is 24.3 Å². The molecule has 6 nitrogen and oxygen atoms in total. The van der Waals surface area contributed by atoms with Crippen LogP contribution in [0.4, 0.5) is 0 Å². The van der Waals surface area contributed by atoms with Gasteiger partial charge in [-0.25, -0.2) is 9.59 Å². The largest absolute Gasteiger partial charge is 0.507 e. The van der Waals surface area contributed by atoms with Crippen molar-refractivity contribution < 1.29 is 30.0 Å². The molecule has 2 aromatic rings. The number of aromatic hydroxyl groups is 2. The number of carboxylic acids is 2. The van der Waals surface area contributed by atoms with Gasteiger partial charge >= 0.3 is 11.9 Å². The molecular weight excluding hydrogens is 468 g/mol. The SMILES string of the molecule is CCCCCC(C)(C)c1cc(Cc2cc(C(C)(C)CCCCC)cc(C(=O)O)c2O)c(O)c(C(=O)O)c1. The van der Waals surface area contributed by atoms with Crippen molar-refractivity contribution in [3.05, 3.63) is 57.6 Å². The highest BCUT2D eigenvalue weighted by atomic mass is 16.4. The highest BCUT2D eigenvalue weighted by molar-refractivity contribution is 5.93. The molecule has 0 saturated heterocycles. The molecule has 0 radical (unpaired) electrons. The Bertz CT molecular complexity index is 1030. The highest BCUT2D eigenvalue weighted by Crippen LogP contribution is 2.39. The van der Waals surface area contributed by atoms with E-state index >= 15 is 0 Å². The molecule has 2 rings (SSSR count). The highest BCUT2D eigenvalue weighted by Gasteiger charge is 2.28. The number of unbranched alkanes of at least 4 members (excludes halogenated alkanes) is 4. The predicted molar refractivity (Wildman–Crippen MR) is 147 cm³/mol.